The van der Waals surface area contributed by atoms with Crippen molar-refractivity contribution in [3.8, 4) is 5.75 Å². The highest BCUT2D eigenvalue weighted by molar-refractivity contribution is 5.62. The van der Waals surface area contributed by atoms with Crippen LogP contribution in [0.25, 0.3) is 0 Å². The van der Waals surface area contributed by atoms with Crippen molar-refractivity contribution in [2.75, 3.05) is 25.3 Å². The number of benzene rings is 1. The molecule has 0 fully saturated rings. The van der Waals surface area contributed by atoms with Crippen LogP contribution in [-0.2, 0) is 4.84 Å². The first-order valence-electron chi connectivity index (χ1n) is 8.94. The van der Waals surface area contributed by atoms with Gasteiger partial charge in [-0.05, 0) is 25.5 Å². The van der Waals surface area contributed by atoms with E-state index in [1.165, 1.54) is 6.07 Å². The predicted molar refractivity (Wildman–Crippen MR) is 98.6 cm³/mol. The molecule has 0 N–H and O–H groups in total. The lowest BCUT2D eigenvalue weighted by Gasteiger charge is -2.37. The van der Waals surface area contributed by atoms with E-state index in [1.54, 1.807) is 30.5 Å². The lowest BCUT2D eigenvalue weighted by Crippen LogP contribution is -2.37. The van der Waals surface area contributed by atoms with Crippen LogP contribution in [0.15, 0.2) is 63.7 Å². The summed E-state index contributed by atoms with van der Waals surface area (Å²) >= 11 is 0. The number of ether oxygens (including phenoxy) is 1. The van der Waals surface area contributed by atoms with Crippen LogP contribution in [0.3, 0.4) is 0 Å². The molecule has 0 bridgehead atoms. The standard InChI is InChI=1S/C19H22FN5O2/c1-4-7-27-14-5-6-15(20)17(9-14)24-10-13(2)8-16-19(24)25-12-23(26-3)11-18(25)22-21-16/h5-6,9-11H,4,7-8,12H2,1-3H3. The van der Waals surface area contributed by atoms with Crippen LogP contribution in [-0.4, -0.2) is 30.3 Å². The number of allylic oxidation sites excluding steroid dienone is 1. The molecule has 0 saturated heterocycles. The van der Waals surface area contributed by atoms with Crippen LogP contribution in [0, 0.1) is 5.82 Å². The molecule has 0 aromatic heterocycles. The average molecular weight is 371 g/mol. The quantitative estimate of drug-likeness (QED) is 0.772. The molecular formula is C19H22FN5O2. The van der Waals surface area contributed by atoms with Crippen LogP contribution in [0.4, 0.5) is 10.1 Å². The van der Waals surface area contributed by atoms with E-state index in [9.17, 15) is 4.39 Å². The molecule has 0 radical (unpaired) electrons. The molecule has 142 valence electrons. The number of anilines is 1. The minimum Gasteiger partial charge on any atom is -0.494 e. The number of fused-ring (bicyclic) bond motifs is 2. The van der Waals surface area contributed by atoms with E-state index < -0.39 is 0 Å². The summed E-state index contributed by atoms with van der Waals surface area (Å²) in [5, 5.41) is 10.3. The maximum atomic E-state index is 14.8. The number of hydrogen-bond acceptors (Lipinski definition) is 7. The van der Waals surface area contributed by atoms with Crippen LogP contribution in [0.5, 0.6) is 5.75 Å². The van der Waals surface area contributed by atoms with Crippen molar-refractivity contribution in [2.24, 2.45) is 10.2 Å². The van der Waals surface area contributed by atoms with E-state index in [0.29, 0.717) is 37.0 Å². The Hall–Kier alpha value is -2.87. The largest absolute Gasteiger partial charge is 0.494 e. The lowest BCUT2D eigenvalue weighted by atomic mass is 10.1. The molecule has 4 rings (SSSR count). The van der Waals surface area contributed by atoms with Crippen molar-refractivity contribution in [3.63, 3.8) is 0 Å². The number of azo groups is 1. The number of rotatable bonds is 5. The summed E-state index contributed by atoms with van der Waals surface area (Å²) in [6.45, 7) is 5.08. The zero-order valence-electron chi connectivity index (χ0n) is 15.6. The summed E-state index contributed by atoms with van der Waals surface area (Å²) in [5.41, 5.74) is 2.29. The Morgan fingerprint density at radius 3 is 2.85 bits per heavy atom. The van der Waals surface area contributed by atoms with Gasteiger partial charge in [0.2, 0.25) is 0 Å². The highest BCUT2D eigenvalue weighted by Crippen LogP contribution is 2.40. The molecule has 0 spiro atoms. The summed E-state index contributed by atoms with van der Waals surface area (Å²) in [5.74, 6) is 1.76. The van der Waals surface area contributed by atoms with Crippen LogP contribution >= 0.6 is 0 Å². The first kappa shape index (κ1) is 17.5. The van der Waals surface area contributed by atoms with Gasteiger partial charge in [-0.15, -0.1) is 10.2 Å². The number of hydroxylamine groups is 2. The molecule has 3 aliphatic heterocycles. The third kappa shape index (κ3) is 3.16. The van der Waals surface area contributed by atoms with Gasteiger partial charge in [-0.1, -0.05) is 12.5 Å². The summed E-state index contributed by atoms with van der Waals surface area (Å²) < 4.78 is 20.5. The van der Waals surface area contributed by atoms with E-state index in [1.807, 2.05) is 29.8 Å². The van der Waals surface area contributed by atoms with Crippen molar-refractivity contribution in [2.45, 2.75) is 26.7 Å². The molecule has 3 aliphatic rings. The van der Waals surface area contributed by atoms with Gasteiger partial charge < -0.3 is 4.74 Å². The van der Waals surface area contributed by atoms with Crippen LogP contribution < -0.4 is 9.64 Å². The lowest BCUT2D eigenvalue weighted by molar-refractivity contribution is -0.0952. The summed E-state index contributed by atoms with van der Waals surface area (Å²) in [4.78, 5) is 9.09. The number of hydrogen-bond donors (Lipinski definition) is 0. The Morgan fingerprint density at radius 1 is 1.22 bits per heavy atom. The fraction of sp³-hybridized carbons (Fsp3) is 0.368. The Bertz CT molecular complexity index is 877. The second kappa shape index (κ2) is 7.03. The molecule has 7 nitrogen and oxygen atoms in total. The smallest absolute Gasteiger partial charge is 0.177 e. The van der Waals surface area contributed by atoms with E-state index >= 15 is 0 Å². The molecule has 0 saturated carbocycles. The Kier molecular flexibility index (Phi) is 4.57. The average Bonchev–Trinajstić information content (AvgIpc) is 3.10. The minimum absolute atomic E-state index is 0.326. The topological polar surface area (TPSA) is 52.9 Å². The van der Waals surface area contributed by atoms with Gasteiger partial charge in [0.05, 0.1) is 25.6 Å². The number of halogens is 1. The van der Waals surface area contributed by atoms with E-state index in [2.05, 4.69) is 10.2 Å². The fourth-order valence-corrected chi connectivity index (χ4v) is 3.27. The molecule has 1 aromatic rings. The van der Waals surface area contributed by atoms with E-state index in [-0.39, 0.29) is 5.82 Å². The molecule has 0 amide bonds. The second-order valence-electron chi connectivity index (χ2n) is 6.61. The second-order valence-corrected chi connectivity index (χ2v) is 6.61. The van der Waals surface area contributed by atoms with Gasteiger partial charge in [0.15, 0.2) is 5.82 Å². The first-order chi connectivity index (χ1) is 13.1. The van der Waals surface area contributed by atoms with Gasteiger partial charge in [0.1, 0.15) is 29.8 Å². The fourth-order valence-electron chi connectivity index (χ4n) is 3.27. The Balaban J connectivity index is 1.75. The van der Waals surface area contributed by atoms with Gasteiger partial charge in [0, 0.05) is 18.7 Å². The maximum Gasteiger partial charge on any atom is 0.177 e. The minimum atomic E-state index is -0.326. The first-order valence-corrected chi connectivity index (χ1v) is 8.94. The molecule has 0 aliphatic carbocycles. The molecule has 0 atom stereocenters. The summed E-state index contributed by atoms with van der Waals surface area (Å²) in [6.07, 6.45) is 5.27. The van der Waals surface area contributed by atoms with Crippen molar-refractivity contribution in [3.05, 3.63) is 59.3 Å². The van der Waals surface area contributed by atoms with Crippen molar-refractivity contribution in [1.82, 2.24) is 9.96 Å². The SMILES string of the molecule is CCCOc1ccc(F)c(N2C=C(C)CC3=C2N2CN(OC)C=C2N=N3)c1. The highest BCUT2D eigenvalue weighted by atomic mass is 19.1. The zero-order valence-corrected chi connectivity index (χ0v) is 15.6. The third-order valence-corrected chi connectivity index (χ3v) is 4.51. The van der Waals surface area contributed by atoms with E-state index in [0.717, 1.165) is 23.5 Å². The van der Waals surface area contributed by atoms with Crippen molar-refractivity contribution in [1.29, 1.82) is 0 Å². The van der Waals surface area contributed by atoms with E-state index in [4.69, 9.17) is 9.57 Å². The predicted octanol–water partition coefficient (Wildman–Crippen LogP) is 4.30. The maximum absolute atomic E-state index is 14.8. The van der Waals surface area contributed by atoms with Crippen molar-refractivity contribution >= 4 is 5.69 Å². The molecule has 8 heteroatoms. The van der Waals surface area contributed by atoms with Gasteiger partial charge in [-0.2, -0.15) is 0 Å². The zero-order chi connectivity index (χ0) is 19.0. The van der Waals surface area contributed by atoms with Gasteiger partial charge >= 0.3 is 0 Å². The molecule has 0 unspecified atom stereocenters. The Morgan fingerprint density at radius 2 is 2.07 bits per heavy atom. The van der Waals surface area contributed by atoms with Gasteiger partial charge in [-0.25, -0.2) is 9.45 Å². The Labute approximate surface area is 157 Å². The molecule has 27 heavy (non-hydrogen) atoms. The van der Waals surface area contributed by atoms with Crippen molar-refractivity contribution < 1.29 is 14.0 Å². The summed E-state index contributed by atoms with van der Waals surface area (Å²) in [7, 11) is 1.60. The number of nitrogens with zero attached hydrogens (tertiary/aromatic N) is 5. The summed E-state index contributed by atoms with van der Waals surface area (Å²) in [6, 6.07) is 4.81. The van der Waals surface area contributed by atoms with Gasteiger partial charge in [0.25, 0.3) is 0 Å². The van der Waals surface area contributed by atoms with Crippen LogP contribution in [0.1, 0.15) is 26.7 Å². The highest BCUT2D eigenvalue weighted by Gasteiger charge is 2.35. The van der Waals surface area contributed by atoms with Crippen LogP contribution in [0.2, 0.25) is 0 Å². The molecule has 1 aromatic carbocycles. The third-order valence-electron chi connectivity index (χ3n) is 4.51. The molecule has 3 heterocycles. The van der Waals surface area contributed by atoms with Gasteiger partial charge in [-0.3, -0.25) is 14.6 Å². The molecular weight excluding hydrogens is 349 g/mol. The monoisotopic (exact) mass is 371 g/mol. The normalized spacial score (nSPS) is 18.4.